The number of carbonyl (C=O) groups is 2. The summed E-state index contributed by atoms with van der Waals surface area (Å²) in [6.45, 7) is 6.19. The third-order valence-electron chi connectivity index (χ3n) is 9.17. The van der Waals surface area contributed by atoms with Crippen molar-refractivity contribution in [3.8, 4) is 0 Å². The Labute approximate surface area is 185 Å². The van der Waals surface area contributed by atoms with E-state index in [1.807, 2.05) is 18.2 Å². The van der Waals surface area contributed by atoms with Gasteiger partial charge in [0, 0.05) is 18.8 Å². The number of hydrogen-bond acceptors (Lipinski definition) is 3. The molecule has 1 aromatic rings. The predicted octanol–water partition coefficient (Wildman–Crippen LogP) is 6.14. The van der Waals surface area contributed by atoms with Crippen LogP contribution in [-0.4, -0.2) is 17.9 Å². The van der Waals surface area contributed by atoms with Crippen LogP contribution < -0.4 is 0 Å². The molecule has 0 heterocycles. The molecule has 3 saturated carbocycles. The number of benzene rings is 1. The molecular weight excluding hydrogens is 384 g/mol. The van der Waals surface area contributed by atoms with E-state index >= 15 is 0 Å². The molecule has 0 amide bonds. The van der Waals surface area contributed by atoms with Crippen LogP contribution in [-0.2, 0) is 14.3 Å². The number of Topliss-reactive ketones (excluding diaryl/α,β-unsaturated/α-hetero) is 1. The highest BCUT2D eigenvalue weighted by molar-refractivity contribution is 6.05. The zero-order valence-corrected chi connectivity index (χ0v) is 19.0. The Kier molecular flexibility index (Phi) is 4.99. The number of ketones is 1. The smallest absolute Gasteiger partial charge is 0.302 e. The SMILES string of the molecule is CC(=O)O[C@@H]1CC[C@@]2(C)C(=CC[C@@H]3[C@@H]2CC[C@]2(C)C(=O)/C(=C/c4ccccc4)C[C@@H]32)C1. The van der Waals surface area contributed by atoms with E-state index in [9.17, 15) is 9.59 Å². The van der Waals surface area contributed by atoms with E-state index < -0.39 is 0 Å². The predicted molar refractivity (Wildman–Crippen MR) is 122 cm³/mol. The fourth-order valence-corrected chi connectivity index (χ4v) is 7.51. The summed E-state index contributed by atoms with van der Waals surface area (Å²) < 4.78 is 5.56. The number of rotatable bonds is 2. The number of allylic oxidation sites excluding steroid dienone is 2. The van der Waals surface area contributed by atoms with Crippen LogP contribution in [0.25, 0.3) is 6.08 Å². The Morgan fingerprint density at radius 3 is 2.52 bits per heavy atom. The van der Waals surface area contributed by atoms with Crippen LogP contribution in [0.4, 0.5) is 0 Å². The molecule has 3 fully saturated rings. The molecule has 1 aromatic carbocycles. The van der Waals surface area contributed by atoms with Gasteiger partial charge >= 0.3 is 5.97 Å². The van der Waals surface area contributed by atoms with Gasteiger partial charge in [-0.2, -0.15) is 0 Å². The molecule has 0 N–H and O–H groups in total. The van der Waals surface area contributed by atoms with E-state index in [4.69, 9.17) is 4.74 Å². The van der Waals surface area contributed by atoms with E-state index in [0.29, 0.717) is 23.5 Å². The molecule has 0 spiro atoms. The lowest BCUT2D eigenvalue weighted by atomic mass is 9.48. The standard InChI is InChI=1S/C28H34O3/c1-18(29)31-22-11-13-27(2)21(17-22)9-10-23-24(27)12-14-28(3)25(23)16-20(26(28)30)15-19-7-5-4-6-8-19/h4-9,15,22-25H,10-14,16-17H2,1-3H3/b20-15+/t22-,23-,24+,25+,27+,28+/m1/s1. The third kappa shape index (κ3) is 3.32. The maximum Gasteiger partial charge on any atom is 0.302 e. The maximum absolute atomic E-state index is 13.5. The van der Waals surface area contributed by atoms with Gasteiger partial charge in [-0.15, -0.1) is 0 Å². The molecular formula is C28H34O3. The Balaban J connectivity index is 1.42. The summed E-state index contributed by atoms with van der Waals surface area (Å²) in [5.41, 5.74) is 3.64. The molecule has 0 unspecified atom stereocenters. The maximum atomic E-state index is 13.5. The summed E-state index contributed by atoms with van der Waals surface area (Å²) in [6.07, 6.45) is 11.7. The van der Waals surface area contributed by atoms with E-state index in [2.05, 4.69) is 38.1 Å². The van der Waals surface area contributed by atoms with Gasteiger partial charge in [-0.3, -0.25) is 9.59 Å². The van der Waals surface area contributed by atoms with Crippen LogP contribution in [0.2, 0.25) is 0 Å². The monoisotopic (exact) mass is 418 g/mol. The lowest BCUT2D eigenvalue weighted by Crippen LogP contribution is -2.50. The minimum atomic E-state index is -0.210. The minimum absolute atomic E-state index is 0.0377. The van der Waals surface area contributed by atoms with Crippen LogP contribution in [0.5, 0.6) is 0 Å². The number of hydrogen-bond donors (Lipinski definition) is 0. The average Bonchev–Trinajstić information content (AvgIpc) is 2.99. The Morgan fingerprint density at radius 2 is 1.77 bits per heavy atom. The first-order valence-corrected chi connectivity index (χ1v) is 12.0. The number of ether oxygens (including phenoxy) is 1. The number of esters is 1. The summed E-state index contributed by atoms with van der Waals surface area (Å²) in [6, 6.07) is 10.3. The molecule has 5 rings (SSSR count). The lowest BCUT2D eigenvalue weighted by molar-refractivity contribution is -0.148. The third-order valence-corrected chi connectivity index (χ3v) is 9.17. The van der Waals surface area contributed by atoms with Gasteiger partial charge < -0.3 is 4.74 Å². The topological polar surface area (TPSA) is 43.4 Å². The van der Waals surface area contributed by atoms with Crippen LogP contribution in [0.3, 0.4) is 0 Å². The molecule has 0 saturated heterocycles. The second-order valence-electron chi connectivity index (χ2n) is 10.8. The fourth-order valence-electron chi connectivity index (χ4n) is 7.51. The molecule has 4 aliphatic carbocycles. The first kappa shape index (κ1) is 20.7. The summed E-state index contributed by atoms with van der Waals surface area (Å²) in [5, 5.41) is 0. The van der Waals surface area contributed by atoms with Crippen LogP contribution >= 0.6 is 0 Å². The molecule has 0 bridgehead atoms. The van der Waals surface area contributed by atoms with Crippen molar-refractivity contribution in [1.82, 2.24) is 0 Å². The summed E-state index contributed by atoms with van der Waals surface area (Å²) in [7, 11) is 0. The number of fused-ring (bicyclic) bond motifs is 5. The van der Waals surface area contributed by atoms with Crippen LogP contribution in [0.1, 0.15) is 71.3 Å². The second kappa shape index (κ2) is 7.46. The quantitative estimate of drug-likeness (QED) is 0.329. The molecule has 31 heavy (non-hydrogen) atoms. The van der Waals surface area contributed by atoms with Crippen molar-refractivity contribution in [1.29, 1.82) is 0 Å². The van der Waals surface area contributed by atoms with Gasteiger partial charge in [-0.05, 0) is 78.9 Å². The summed E-state index contributed by atoms with van der Waals surface area (Å²) in [5.74, 6) is 1.86. The van der Waals surface area contributed by atoms with Gasteiger partial charge in [0.2, 0.25) is 0 Å². The zero-order chi connectivity index (χ0) is 21.8. The van der Waals surface area contributed by atoms with Crippen molar-refractivity contribution in [3.05, 3.63) is 53.1 Å². The van der Waals surface area contributed by atoms with Crippen molar-refractivity contribution in [2.24, 2.45) is 28.6 Å². The number of carbonyl (C=O) groups excluding carboxylic acids is 2. The summed E-state index contributed by atoms with van der Waals surface area (Å²) in [4.78, 5) is 25.0. The van der Waals surface area contributed by atoms with Gasteiger partial charge in [0.1, 0.15) is 6.10 Å². The summed E-state index contributed by atoms with van der Waals surface area (Å²) >= 11 is 0. The highest BCUT2D eigenvalue weighted by Crippen LogP contribution is 2.64. The van der Waals surface area contributed by atoms with E-state index in [1.54, 1.807) is 0 Å². The zero-order valence-electron chi connectivity index (χ0n) is 19.0. The highest BCUT2D eigenvalue weighted by Gasteiger charge is 2.59. The van der Waals surface area contributed by atoms with Crippen molar-refractivity contribution < 1.29 is 14.3 Å². The van der Waals surface area contributed by atoms with Crippen molar-refractivity contribution in [2.75, 3.05) is 0 Å². The Hall–Kier alpha value is -2.16. The molecule has 3 heteroatoms. The van der Waals surface area contributed by atoms with Gasteiger partial charge in [0.25, 0.3) is 0 Å². The normalized spacial score (nSPS) is 40.5. The first-order valence-electron chi connectivity index (χ1n) is 12.0. The van der Waals surface area contributed by atoms with E-state index in [1.165, 1.54) is 12.5 Å². The van der Waals surface area contributed by atoms with Crippen LogP contribution in [0.15, 0.2) is 47.6 Å². The molecule has 164 valence electrons. The van der Waals surface area contributed by atoms with E-state index in [0.717, 1.165) is 56.1 Å². The Morgan fingerprint density at radius 1 is 1.03 bits per heavy atom. The molecule has 4 aliphatic rings. The molecule has 3 nitrogen and oxygen atoms in total. The van der Waals surface area contributed by atoms with Gasteiger partial charge in [0.15, 0.2) is 5.78 Å². The molecule has 0 aromatic heterocycles. The van der Waals surface area contributed by atoms with Crippen molar-refractivity contribution in [3.63, 3.8) is 0 Å². The van der Waals surface area contributed by atoms with Crippen molar-refractivity contribution in [2.45, 2.75) is 71.8 Å². The average molecular weight is 419 g/mol. The second-order valence-corrected chi connectivity index (χ2v) is 10.8. The lowest BCUT2D eigenvalue weighted by Gasteiger charge is -2.56. The molecule has 6 atom stereocenters. The molecule has 0 radical (unpaired) electrons. The highest BCUT2D eigenvalue weighted by atomic mass is 16.5. The first-order chi connectivity index (χ1) is 14.8. The van der Waals surface area contributed by atoms with E-state index in [-0.39, 0.29) is 22.9 Å². The molecule has 0 aliphatic heterocycles. The van der Waals surface area contributed by atoms with Gasteiger partial charge in [-0.1, -0.05) is 55.8 Å². The largest absolute Gasteiger partial charge is 0.462 e. The minimum Gasteiger partial charge on any atom is -0.462 e. The van der Waals surface area contributed by atoms with Gasteiger partial charge in [0.05, 0.1) is 0 Å². The fraction of sp³-hybridized carbons (Fsp3) is 0.571. The Bertz CT molecular complexity index is 958. The van der Waals surface area contributed by atoms with Gasteiger partial charge in [-0.25, -0.2) is 0 Å². The van der Waals surface area contributed by atoms with Crippen LogP contribution in [0, 0.1) is 28.6 Å². The van der Waals surface area contributed by atoms with Crippen molar-refractivity contribution >= 4 is 17.8 Å².